The molecule has 4 N–H and O–H groups in total. The van der Waals surface area contributed by atoms with Gasteiger partial charge in [-0.1, -0.05) is 19.8 Å². The normalized spacial score (nSPS) is 17.7. The van der Waals surface area contributed by atoms with E-state index in [4.69, 9.17) is 20.7 Å². The van der Waals surface area contributed by atoms with E-state index in [1.807, 2.05) is 18.7 Å². The van der Waals surface area contributed by atoms with Crippen LogP contribution in [0.2, 0.25) is 0 Å². The van der Waals surface area contributed by atoms with Crippen LogP contribution < -0.4 is 21.3 Å². The van der Waals surface area contributed by atoms with Crippen LogP contribution in [0.15, 0.2) is 24.8 Å². The van der Waals surface area contributed by atoms with Crippen LogP contribution >= 0.6 is 0 Å². The molecule has 0 aromatic carbocycles. The lowest BCUT2D eigenvalue weighted by Gasteiger charge is -2.36. The van der Waals surface area contributed by atoms with E-state index < -0.39 is 0 Å². The molecule has 0 unspecified atom stereocenters. The zero-order valence-electron chi connectivity index (χ0n) is 19.4. The molecule has 3 aromatic heterocycles. The Balaban J connectivity index is 1.49. The molecule has 10 heteroatoms. The van der Waals surface area contributed by atoms with E-state index in [2.05, 4.69) is 43.0 Å². The maximum atomic E-state index is 5.71. The number of piperazine rings is 1. The lowest BCUT2D eigenvalue weighted by molar-refractivity contribution is 0.271. The van der Waals surface area contributed by atoms with Crippen LogP contribution in [-0.4, -0.2) is 75.2 Å². The van der Waals surface area contributed by atoms with Crippen molar-refractivity contribution in [2.45, 2.75) is 38.6 Å². The number of aromatic nitrogens is 5. The van der Waals surface area contributed by atoms with Gasteiger partial charge in [0, 0.05) is 51.5 Å². The van der Waals surface area contributed by atoms with Gasteiger partial charge in [0.25, 0.3) is 0 Å². The van der Waals surface area contributed by atoms with Crippen molar-refractivity contribution in [1.82, 2.24) is 29.4 Å². The number of hydrogen-bond acceptors (Lipinski definition) is 9. The molecule has 5 rings (SSSR count). The molecule has 3 aromatic rings. The molecule has 2 fully saturated rings. The Labute approximate surface area is 194 Å². The summed E-state index contributed by atoms with van der Waals surface area (Å²) in [5, 5.41) is 6.79. The third kappa shape index (κ3) is 4.58. The van der Waals surface area contributed by atoms with Gasteiger partial charge in [0.1, 0.15) is 0 Å². The van der Waals surface area contributed by atoms with E-state index in [0.717, 1.165) is 55.3 Å². The molecule has 0 spiro atoms. The summed E-state index contributed by atoms with van der Waals surface area (Å²) in [6.07, 6.45) is 10.5. The van der Waals surface area contributed by atoms with Gasteiger partial charge < -0.3 is 30.7 Å². The molecule has 1 aliphatic heterocycles. The Bertz CT molecular complexity index is 1070. The van der Waals surface area contributed by atoms with Gasteiger partial charge in [0.15, 0.2) is 17.0 Å². The Morgan fingerprint density at radius 3 is 2.70 bits per heavy atom. The van der Waals surface area contributed by atoms with Gasteiger partial charge in [-0.2, -0.15) is 9.97 Å². The molecule has 0 amide bonds. The van der Waals surface area contributed by atoms with E-state index in [-0.39, 0.29) is 0 Å². The molecule has 4 heterocycles. The van der Waals surface area contributed by atoms with Crippen molar-refractivity contribution in [3.05, 3.63) is 24.8 Å². The van der Waals surface area contributed by atoms with Crippen molar-refractivity contribution >= 4 is 34.3 Å². The summed E-state index contributed by atoms with van der Waals surface area (Å²) in [4.78, 5) is 23.6. The summed E-state index contributed by atoms with van der Waals surface area (Å²) >= 11 is 0. The molecular weight excluding hydrogens is 416 g/mol. The van der Waals surface area contributed by atoms with Gasteiger partial charge in [-0.3, -0.25) is 4.98 Å². The number of rotatable bonds is 8. The molecule has 1 saturated heterocycles. The molecule has 1 saturated carbocycles. The van der Waals surface area contributed by atoms with Crippen LogP contribution in [0.4, 0.5) is 23.1 Å². The molecule has 176 valence electrons. The summed E-state index contributed by atoms with van der Waals surface area (Å²) in [7, 11) is 0. The van der Waals surface area contributed by atoms with Crippen molar-refractivity contribution in [3.63, 3.8) is 0 Å². The standard InChI is InChI=1S/C23H34N10/c1-2-31-11-13-32(14-12-31)19-7-9-25-15-18(19)28-21-20-22(30-23(29-21)26-10-8-24)33(16-27-20)17-5-3-4-6-17/h7,9,15-17H,2-6,8,10-14,24H2,1H3,(H2,26,28,29,30). The first-order chi connectivity index (χ1) is 16.3. The van der Waals surface area contributed by atoms with Gasteiger partial charge in [0.05, 0.1) is 23.9 Å². The lowest BCUT2D eigenvalue weighted by Crippen LogP contribution is -2.46. The van der Waals surface area contributed by atoms with Crippen molar-refractivity contribution in [1.29, 1.82) is 0 Å². The second kappa shape index (κ2) is 9.88. The van der Waals surface area contributed by atoms with Gasteiger partial charge in [-0.25, -0.2) is 4.98 Å². The average molecular weight is 451 g/mol. The largest absolute Gasteiger partial charge is 0.367 e. The van der Waals surface area contributed by atoms with Crippen LogP contribution in [0, 0.1) is 0 Å². The Morgan fingerprint density at radius 1 is 1.12 bits per heavy atom. The minimum absolute atomic E-state index is 0.448. The number of fused-ring (bicyclic) bond motifs is 1. The third-order valence-electron chi connectivity index (χ3n) is 6.78. The van der Waals surface area contributed by atoms with Gasteiger partial charge in [0.2, 0.25) is 5.95 Å². The maximum absolute atomic E-state index is 5.71. The Kier molecular flexibility index (Phi) is 6.54. The summed E-state index contributed by atoms with van der Waals surface area (Å²) < 4.78 is 2.22. The highest BCUT2D eigenvalue weighted by molar-refractivity contribution is 5.88. The van der Waals surface area contributed by atoms with E-state index in [0.29, 0.717) is 30.9 Å². The zero-order valence-corrected chi connectivity index (χ0v) is 19.4. The number of nitrogens with zero attached hydrogens (tertiary/aromatic N) is 7. The predicted octanol–water partition coefficient (Wildman–Crippen LogP) is 2.59. The van der Waals surface area contributed by atoms with Crippen LogP contribution in [0.25, 0.3) is 11.2 Å². The fraction of sp³-hybridized carbons (Fsp3) is 0.565. The molecule has 0 bridgehead atoms. The van der Waals surface area contributed by atoms with Gasteiger partial charge in [-0.05, 0) is 25.5 Å². The summed E-state index contributed by atoms with van der Waals surface area (Å²) in [5.41, 5.74) is 9.43. The highest BCUT2D eigenvalue weighted by Gasteiger charge is 2.23. The van der Waals surface area contributed by atoms with Crippen molar-refractivity contribution in [3.8, 4) is 0 Å². The fourth-order valence-electron chi connectivity index (χ4n) is 4.91. The SMILES string of the molecule is CCN1CCN(c2ccncc2Nc2nc(NCCN)nc3c2ncn3C2CCCC2)CC1. The number of nitrogens with two attached hydrogens (primary N) is 1. The summed E-state index contributed by atoms with van der Waals surface area (Å²) in [6, 6.07) is 2.52. The van der Waals surface area contributed by atoms with Crippen molar-refractivity contribution in [2.75, 3.05) is 61.3 Å². The van der Waals surface area contributed by atoms with Crippen molar-refractivity contribution < 1.29 is 0 Å². The molecule has 0 radical (unpaired) electrons. The van der Waals surface area contributed by atoms with E-state index in [1.54, 1.807) is 0 Å². The van der Waals surface area contributed by atoms with Crippen LogP contribution in [0.5, 0.6) is 0 Å². The monoisotopic (exact) mass is 450 g/mol. The van der Waals surface area contributed by atoms with Crippen LogP contribution in [0.3, 0.4) is 0 Å². The number of pyridine rings is 1. The third-order valence-corrected chi connectivity index (χ3v) is 6.78. The molecular formula is C23H34N10. The molecule has 33 heavy (non-hydrogen) atoms. The van der Waals surface area contributed by atoms with Gasteiger partial charge >= 0.3 is 0 Å². The smallest absolute Gasteiger partial charge is 0.226 e. The first kappa shape index (κ1) is 21.8. The van der Waals surface area contributed by atoms with Crippen LogP contribution in [0.1, 0.15) is 38.6 Å². The first-order valence-electron chi connectivity index (χ1n) is 12.1. The van der Waals surface area contributed by atoms with E-state index >= 15 is 0 Å². The highest BCUT2D eigenvalue weighted by Crippen LogP contribution is 2.35. The number of imidazole rings is 1. The highest BCUT2D eigenvalue weighted by atomic mass is 15.3. The summed E-state index contributed by atoms with van der Waals surface area (Å²) in [5.74, 6) is 1.26. The van der Waals surface area contributed by atoms with E-state index in [1.165, 1.54) is 25.7 Å². The number of anilines is 4. The number of nitrogens with one attached hydrogen (secondary N) is 2. The Morgan fingerprint density at radius 2 is 1.94 bits per heavy atom. The average Bonchev–Trinajstić information content (AvgIpc) is 3.53. The summed E-state index contributed by atoms with van der Waals surface area (Å²) in [6.45, 7) is 8.55. The van der Waals surface area contributed by atoms with E-state index in [9.17, 15) is 0 Å². The second-order valence-corrected chi connectivity index (χ2v) is 8.81. The quantitative estimate of drug-likeness (QED) is 0.476. The molecule has 2 aliphatic rings. The van der Waals surface area contributed by atoms with Crippen LogP contribution in [-0.2, 0) is 0 Å². The van der Waals surface area contributed by atoms with Gasteiger partial charge in [-0.15, -0.1) is 0 Å². The second-order valence-electron chi connectivity index (χ2n) is 8.81. The van der Waals surface area contributed by atoms with Crippen molar-refractivity contribution in [2.24, 2.45) is 5.73 Å². The fourth-order valence-corrected chi connectivity index (χ4v) is 4.91. The minimum Gasteiger partial charge on any atom is -0.367 e. The topological polar surface area (TPSA) is 113 Å². The molecule has 10 nitrogen and oxygen atoms in total. The predicted molar refractivity (Wildman–Crippen MR) is 132 cm³/mol. The first-order valence-corrected chi connectivity index (χ1v) is 12.1. The number of likely N-dealkylation sites (N-methyl/N-ethyl adjacent to an activating group) is 1. The number of hydrogen-bond donors (Lipinski definition) is 3. The zero-order chi connectivity index (χ0) is 22.6. The minimum atomic E-state index is 0.448. The maximum Gasteiger partial charge on any atom is 0.226 e. The Hall–Kier alpha value is -2.98. The lowest BCUT2D eigenvalue weighted by atomic mass is 10.2. The molecule has 1 aliphatic carbocycles. The molecule has 0 atom stereocenters.